The molecule has 2 fully saturated rings. The maximum atomic E-state index is 14.5. The Morgan fingerprint density at radius 3 is 2.49 bits per heavy atom. The number of hydrogen-bond acceptors (Lipinski definition) is 7. The van der Waals surface area contributed by atoms with Crippen molar-refractivity contribution < 1.29 is 27.0 Å². The van der Waals surface area contributed by atoms with Crippen LogP contribution in [0.3, 0.4) is 0 Å². The number of nitrogens with zero attached hydrogens (tertiary/aromatic N) is 3. The summed E-state index contributed by atoms with van der Waals surface area (Å²) in [6, 6.07) is 10.2. The zero-order valence-electron chi connectivity index (χ0n) is 20.3. The molecule has 2 N–H and O–H groups in total. The molecule has 8 nitrogen and oxygen atoms in total. The van der Waals surface area contributed by atoms with Gasteiger partial charge in [0.2, 0.25) is 0 Å². The van der Waals surface area contributed by atoms with Crippen molar-refractivity contribution in [1.82, 2.24) is 19.9 Å². The first kappa shape index (κ1) is 24.5. The fourth-order valence-corrected chi connectivity index (χ4v) is 7.38. The van der Waals surface area contributed by atoms with Gasteiger partial charge in [-0.2, -0.15) is 5.10 Å². The summed E-state index contributed by atoms with van der Waals surface area (Å²) in [7, 11) is -4.01. The van der Waals surface area contributed by atoms with E-state index in [1.807, 2.05) is 0 Å². The van der Waals surface area contributed by atoms with Gasteiger partial charge < -0.3 is 9.84 Å². The van der Waals surface area contributed by atoms with E-state index in [0.29, 0.717) is 17.8 Å². The van der Waals surface area contributed by atoms with Gasteiger partial charge in [-0.15, -0.1) is 5.10 Å². The lowest BCUT2D eigenvalue weighted by molar-refractivity contribution is -0.172. The van der Waals surface area contributed by atoms with Gasteiger partial charge in [-0.25, -0.2) is 26.9 Å². The molecule has 2 atom stereocenters. The fraction of sp³-hybridized carbons (Fsp3) is 0.423. The average Bonchev–Trinajstić information content (AvgIpc) is 3.23. The minimum absolute atomic E-state index is 0.0274. The van der Waals surface area contributed by atoms with Crippen LogP contribution < -0.4 is 4.72 Å². The lowest BCUT2D eigenvalue weighted by Gasteiger charge is -2.37. The Kier molecular flexibility index (Phi) is 5.34. The second-order valence-electron chi connectivity index (χ2n) is 10.8. The smallest absolute Gasteiger partial charge is 0.258 e. The minimum Gasteiger partial charge on any atom is -0.384 e. The van der Waals surface area contributed by atoms with Crippen molar-refractivity contribution in [2.75, 3.05) is 19.8 Å². The number of nitrogens with one attached hydrogen (secondary N) is 1. The number of halogens is 2. The van der Waals surface area contributed by atoms with E-state index in [1.54, 1.807) is 18.2 Å². The summed E-state index contributed by atoms with van der Waals surface area (Å²) in [5.41, 5.74) is -0.391. The highest BCUT2D eigenvalue weighted by Crippen LogP contribution is 2.69. The molecule has 0 unspecified atom stereocenters. The van der Waals surface area contributed by atoms with Crippen LogP contribution >= 0.6 is 0 Å². The molecule has 11 heteroatoms. The van der Waals surface area contributed by atoms with Crippen LogP contribution in [0.25, 0.3) is 11.3 Å². The first-order valence-electron chi connectivity index (χ1n) is 12.1. The molecule has 1 saturated heterocycles. The molecular formula is C26H26F2N4O4S. The van der Waals surface area contributed by atoms with Crippen LogP contribution in [0.4, 0.5) is 8.78 Å². The molecule has 1 aliphatic heterocycles. The fourth-order valence-electron chi connectivity index (χ4n) is 6.30. The predicted octanol–water partition coefficient (Wildman–Crippen LogP) is 3.06. The highest BCUT2D eigenvalue weighted by atomic mass is 32.2. The maximum Gasteiger partial charge on any atom is 0.258 e. The van der Waals surface area contributed by atoms with Crippen molar-refractivity contribution in [3.63, 3.8) is 0 Å². The largest absolute Gasteiger partial charge is 0.384 e. The third kappa shape index (κ3) is 3.48. The number of rotatable bonds is 6. The van der Waals surface area contributed by atoms with E-state index in [0.717, 1.165) is 12.0 Å². The van der Waals surface area contributed by atoms with Gasteiger partial charge in [0, 0.05) is 6.54 Å². The standard InChI is InChI=1S/C26H26F2N4O4S/c1-24(2)16-9-10-26(24,23-15(16)11-19(31-32-23)22-17(27)5-3-6-18(22)28)20-7-4-8-21(30-20)37(34,35)29-12-25(33)13-36-14-25/h3-8,11,16,29,33H,9-10,12-14H2,1-2H3/t16-,26-/m0/s1. The molecule has 0 amide bonds. The summed E-state index contributed by atoms with van der Waals surface area (Å²) in [6.45, 7) is 4.13. The van der Waals surface area contributed by atoms with Crippen LogP contribution in [0, 0.1) is 17.0 Å². The van der Waals surface area contributed by atoms with Crippen LogP contribution in [-0.4, -0.2) is 54.1 Å². The lowest BCUT2D eigenvalue weighted by atomic mass is 9.66. The zero-order valence-corrected chi connectivity index (χ0v) is 21.1. The number of hydrogen-bond donors (Lipinski definition) is 2. The molecule has 3 heterocycles. The summed E-state index contributed by atoms with van der Waals surface area (Å²) < 4.78 is 62.5. The van der Waals surface area contributed by atoms with E-state index < -0.39 is 38.1 Å². The molecule has 3 aromatic rings. The van der Waals surface area contributed by atoms with Gasteiger partial charge in [-0.3, -0.25) is 0 Å². The molecular weight excluding hydrogens is 502 g/mol. The van der Waals surface area contributed by atoms with Gasteiger partial charge in [0.1, 0.15) is 17.2 Å². The Bertz CT molecular complexity index is 1510. The Hall–Kier alpha value is -2.86. The quantitative estimate of drug-likeness (QED) is 0.506. The van der Waals surface area contributed by atoms with Gasteiger partial charge in [0.15, 0.2) is 5.03 Å². The molecule has 2 aliphatic carbocycles. The normalized spacial score (nSPS) is 25.1. The molecule has 6 rings (SSSR count). The van der Waals surface area contributed by atoms with Gasteiger partial charge in [-0.1, -0.05) is 26.0 Å². The van der Waals surface area contributed by atoms with Crippen molar-refractivity contribution in [2.45, 2.75) is 48.6 Å². The lowest BCUT2D eigenvalue weighted by Crippen LogP contribution is -2.56. The van der Waals surface area contributed by atoms with Crippen molar-refractivity contribution in [2.24, 2.45) is 5.41 Å². The number of fused-ring (bicyclic) bond motifs is 5. The SMILES string of the molecule is CC1(C)[C@H]2CC[C@]1(c1cccc(S(=O)(=O)NCC3(O)COC3)n1)c1nnc(-c3c(F)cccc3F)cc12. The summed E-state index contributed by atoms with van der Waals surface area (Å²) in [6.07, 6.45) is 1.47. The van der Waals surface area contributed by atoms with Crippen molar-refractivity contribution >= 4 is 10.0 Å². The number of ether oxygens (including phenoxy) is 1. The number of aliphatic hydroxyl groups is 1. The molecule has 2 bridgehead atoms. The van der Waals surface area contributed by atoms with Crippen LogP contribution in [-0.2, 0) is 20.2 Å². The van der Waals surface area contributed by atoms with Crippen LogP contribution in [0.2, 0.25) is 0 Å². The molecule has 1 saturated carbocycles. The van der Waals surface area contributed by atoms with Gasteiger partial charge in [0.25, 0.3) is 10.0 Å². The van der Waals surface area contributed by atoms with E-state index >= 15 is 0 Å². The van der Waals surface area contributed by atoms with E-state index in [4.69, 9.17) is 4.74 Å². The van der Waals surface area contributed by atoms with E-state index in [1.165, 1.54) is 24.3 Å². The molecule has 3 aliphatic rings. The molecule has 1 aromatic carbocycles. The average molecular weight is 529 g/mol. The third-order valence-electron chi connectivity index (χ3n) is 8.37. The Morgan fingerprint density at radius 2 is 1.81 bits per heavy atom. The summed E-state index contributed by atoms with van der Waals surface area (Å²) in [5, 5.41) is 18.8. The molecule has 0 spiro atoms. The third-order valence-corrected chi connectivity index (χ3v) is 9.67. The summed E-state index contributed by atoms with van der Waals surface area (Å²) in [5.74, 6) is -1.40. The number of benzene rings is 1. The summed E-state index contributed by atoms with van der Waals surface area (Å²) >= 11 is 0. The topological polar surface area (TPSA) is 114 Å². The number of aromatic nitrogens is 3. The molecule has 2 aromatic heterocycles. The second-order valence-corrected chi connectivity index (χ2v) is 12.5. The maximum absolute atomic E-state index is 14.5. The monoisotopic (exact) mass is 528 g/mol. The predicted molar refractivity (Wildman–Crippen MR) is 129 cm³/mol. The van der Waals surface area contributed by atoms with Gasteiger partial charge >= 0.3 is 0 Å². The number of pyridine rings is 1. The van der Waals surface area contributed by atoms with Crippen molar-refractivity contribution in [1.29, 1.82) is 0 Å². The van der Waals surface area contributed by atoms with Crippen molar-refractivity contribution in [3.8, 4) is 11.3 Å². The zero-order chi connectivity index (χ0) is 26.2. The van der Waals surface area contributed by atoms with E-state index in [-0.39, 0.29) is 42.0 Å². The van der Waals surface area contributed by atoms with E-state index in [2.05, 4.69) is 33.8 Å². The van der Waals surface area contributed by atoms with Crippen molar-refractivity contribution in [3.05, 3.63) is 71.1 Å². The highest BCUT2D eigenvalue weighted by molar-refractivity contribution is 7.89. The first-order chi connectivity index (χ1) is 17.5. The second kappa shape index (κ2) is 8.07. The van der Waals surface area contributed by atoms with Crippen LogP contribution in [0.15, 0.2) is 47.5 Å². The Labute approximate surface area is 213 Å². The van der Waals surface area contributed by atoms with E-state index in [9.17, 15) is 22.3 Å². The number of sulfonamides is 1. The van der Waals surface area contributed by atoms with Gasteiger partial charge in [0.05, 0.1) is 41.3 Å². The van der Waals surface area contributed by atoms with Crippen LogP contribution in [0.1, 0.15) is 49.6 Å². The Balaban J connectivity index is 1.42. The van der Waals surface area contributed by atoms with Crippen LogP contribution in [0.5, 0.6) is 0 Å². The minimum atomic E-state index is -4.01. The first-order valence-corrected chi connectivity index (χ1v) is 13.6. The molecule has 37 heavy (non-hydrogen) atoms. The Morgan fingerprint density at radius 1 is 1.11 bits per heavy atom. The molecule has 0 radical (unpaired) electrons. The highest BCUT2D eigenvalue weighted by Gasteiger charge is 2.65. The van der Waals surface area contributed by atoms with Gasteiger partial charge in [-0.05, 0) is 60.1 Å². The molecule has 194 valence electrons. The summed E-state index contributed by atoms with van der Waals surface area (Å²) in [4.78, 5) is 4.59.